The summed E-state index contributed by atoms with van der Waals surface area (Å²) >= 11 is 0. The highest BCUT2D eigenvalue weighted by Crippen LogP contribution is 2.35. The van der Waals surface area contributed by atoms with Crippen LogP contribution in [0, 0.1) is 11.3 Å². The highest BCUT2D eigenvalue weighted by Gasteiger charge is 2.32. The molecule has 0 radical (unpaired) electrons. The van der Waals surface area contributed by atoms with E-state index in [-0.39, 0.29) is 23.0 Å². The summed E-state index contributed by atoms with van der Waals surface area (Å²) in [5.41, 5.74) is 5.28. The van der Waals surface area contributed by atoms with Crippen LogP contribution < -0.4 is 16.2 Å². The Morgan fingerprint density at radius 3 is 2.76 bits per heavy atom. The largest absolute Gasteiger partial charge is 0.416 e. The van der Waals surface area contributed by atoms with E-state index in [1.807, 2.05) is 11.0 Å². The lowest BCUT2D eigenvalue weighted by Crippen LogP contribution is -2.22. The van der Waals surface area contributed by atoms with Crippen molar-refractivity contribution >= 4 is 11.6 Å². The molecule has 6 nitrogen and oxygen atoms in total. The van der Waals surface area contributed by atoms with Crippen molar-refractivity contribution in [3.8, 4) is 6.07 Å². The van der Waals surface area contributed by atoms with Gasteiger partial charge in [-0.1, -0.05) is 0 Å². The van der Waals surface area contributed by atoms with E-state index in [4.69, 9.17) is 5.73 Å². The summed E-state index contributed by atoms with van der Waals surface area (Å²) in [7, 11) is 0. The van der Waals surface area contributed by atoms with Crippen LogP contribution in [0.1, 0.15) is 29.2 Å². The van der Waals surface area contributed by atoms with E-state index in [0.29, 0.717) is 30.9 Å². The van der Waals surface area contributed by atoms with Crippen LogP contribution >= 0.6 is 0 Å². The van der Waals surface area contributed by atoms with Gasteiger partial charge in [0, 0.05) is 25.1 Å². The minimum atomic E-state index is -4.50. The topological polar surface area (TPSA) is 98.8 Å². The van der Waals surface area contributed by atoms with E-state index >= 15 is 0 Å². The Morgan fingerprint density at radius 1 is 1.36 bits per heavy atom. The fourth-order valence-electron chi connectivity index (χ4n) is 3.00. The zero-order valence-electron chi connectivity index (χ0n) is 13.0. The molecule has 1 unspecified atom stereocenters. The van der Waals surface area contributed by atoms with Gasteiger partial charge < -0.3 is 10.6 Å². The van der Waals surface area contributed by atoms with Gasteiger partial charge in [-0.3, -0.25) is 9.78 Å². The minimum absolute atomic E-state index is 0.0215. The number of nitrogens with two attached hydrogens (primary N) is 1. The van der Waals surface area contributed by atoms with Crippen LogP contribution in [0.2, 0.25) is 0 Å². The van der Waals surface area contributed by atoms with Crippen LogP contribution in [-0.4, -0.2) is 23.1 Å². The summed E-state index contributed by atoms with van der Waals surface area (Å²) in [5.74, 6) is -0.0633. The third-order valence-electron chi connectivity index (χ3n) is 4.17. The molecular formula is C16H14F3N5O. The van der Waals surface area contributed by atoms with Crippen LogP contribution in [0.4, 0.5) is 24.8 Å². The first kappa shape index (κ1) is 16.8. The lowest BCUT2D eigenvalue weighted by Gasteiger charge is -2.21. The Labute approximate surface area is 140 Å². The molecule has 1 saturated heterocycles. The second-order valence-corrected chi connectivity index (χ2v) is 5.83. The molecule has 0 bridgehead atoms. The van der Waals surface area contributed by atoms with Crippen LogP contribution in [0.15, 0.2) is 29.1 Å². The van der Waals surface area contributed by atoms with Gasteiger partial charge in [-0.25, -0.2) is 4.98 Å². The van der Waals surface area contributed by atoms with E-state index in [2.05, 4.69) is 9.97 Å². The van der Waals surface area contributed by atoms with Gasteiger partial charge in [0.1, 0.15) is 6.07 Å². The maximum Gasteiger partial charge on any atom is 0.416 e. The summed E-state index contributed by atoms with van der Waals surface area (Å²) in [6, 6.07) is 6.32. The molecule has 3 rings (SSSR count). The van der Waals surface area contributed by atoms with Crippen molar-refractivity contribution in [3.05, 3.63) is 51.4 Å². The number of hydrogen-bond acceptors (Lipinski definition) is 5. The number of hydrogen-bond donors (Lipinski definition) is 2. The normalized spacial score (nSPS) is 17.5. The van der Waals surface area contributed by atoms with Gasteiger partial charge in [0.05, 0.1) is 22.5 Å². The van der Waals surface area contributed by atoms with E-state index in [9.17, 15) is 23.2 Å². The quantitative estimate of drug-likeness (QED) is 0.866. The first-order chi connectivity index (χ1) is 11.8. The van der Waals surface area contributed by atoms with Crippen LogP contribution in [0.3, 0.4) is 0 Å². The van der Waals surface area contributed by atoms with Crippen molar-refractivity contribution in [1.82, 2.24) is 9.97 Å². The first-order valence-electron chi connectivity index (χ1n) is 7.51. The molecule has 0 saturated carbocycles. The van der Waals surface area contributed by atoms with Crippen molar-refractivity contribution in [2.24, 2.45) is 0 Å². The van der Waals surface area contributed by atoms with Crippen LogP contribution in [0.5, 0.6) is 0 Å². The monoisotopic (exact) mass is 349 g/mol. The molecule has 1 aliphatic heterocycles. The number of benzene rings is 1. The van der Waals surface area contributed by atoms with E-state index in [0.717, 1.165) is 12.1 Å². The molecule has 1 aromatic heterocycles. The summed E-state index contributed by atoms with van der Waals surface area (Å²) in [4.78, 5) is 19.8. The number of alkyl halides is 3. The SMILES string of the molecule is N#Cc1cc(C(F)(F)F)ccc1N1CCC(c2cc(=O)[nH]c(N)n2)C1. The van der Waals surface area contributed by atoms with Gasteiger partial charge in [0.25, 0.3) is 5.56 Å². The van der Waals surface area contributed by atoms with E-state index in [1.165, 1.54) is 12.1 Å². The number of H-pyrrole nitrogens is 1. The Bertz CT molecular complexity index is 900. The van der Waals surface area contributed by atoms with Gasteiger partial charge in [0.2, 0.25) is 5.95 Å². The second kappa shape index (κ2) is 6.12. The molecule has 0 amide bonds. The summed E-state index contributed by atoms with van der Waals surface area (Å²) < 4.78 is 38.4. The maximum absolute atomic E-state index is 12.8. The lowest BCUT2D eigenvalue weighted by molar-refractivity contribution is -0.137. The summed E-state index contributed by atoms with van der Waals surface area (Å²) in [5, 5.41) is 9.21. The van der Waals surface area contributed by atoms with E-state index in [1.54, 1.807) is 0 Å². The van der Waals surface area contributed by atoms with Gasteiger partial charge in [0.15, 0.2) is 0 Å². The van der Waals surface area contributed by atoms with Crippen molar-refractivity contribution in [3.63, 3.8) is 0 Å². The zero-order chi connectivity index (χ0) is 18.2. The number of rotatable bonds is 2. The molecule has 3 N–H and O–H groups in total. The van der Waals surface area contributed by atoms with Crippen LogP contribution in [0.25, 0.3) is 0 Å². The van der Waals surface area contributed by atoms with Gasteiger partial charge in [-0.2, -0.15) is 18.4 Å². The molecule has 1 atom stereocenters. The van der Waals surface area contributed by atoms with Gasteiger partial charge in [-0.05, 0) is 24.6 Å². The predicted octanol–water partition coefficient (Wildman–Crippen LogP) is 2.24. The molecular weight excluding hydrogens is 335 g/mol. The number of nitrogen functional groups attached to an aromatic ring is 1. The number of nitrogens with zero attached hydrogens (tertiary/aromatic N) is 3. The summed E-state index contributed by atoms with van der Waals surface area (Å²) in [6.07, 6.45) is -3.84. The molecule has 0 aliphatic carbocycles. The maximum atomic E-state index is 12.8. The highest BCUT2D eigenvalue weighted by molar-refractivity contribution is 5.61. The molecule has 2 heterocycles. The number of halogens is 3. The number of aromatic amines is 1. The summed E-state index contributed by atoms with van der Waals surface area (Å²) in [6.45, 7) is 0.981. The standard InChI is InChI=1S/C16H14F3N5O/c17-16(18,19)11-1-2-13(10(5-11)7-20)24-4-3-9(8-24)12-6-14(25)23-15(21)22-12/h1-2,5-6,9H,3-4,8H2,(H3,21,22,23,25). The van der Waals surface area contributed by atoms with Crippen molar-refractivity contribution in [2.75, 3.05) is 23.7 Å². The van der Waals surface area contributed by atoms with Crippen molar-refractivity contribution < 1.29 is 13.2 Å². The number of nitrogens with one attached hydrogen (secondary N) is 1. The molecule has 0 spiro atoms. The molecule has 2 aromatic rings. The number of anilines is 2. The molecule has 130 valence electrons. The Balaban J connectivity index is 1.87. The average molecular weight is 349 g/mol. The highest BCUT2D eigenvalue weighted by atomic mass is 19.4. The predicted molar refractivity (Wildman–Crippen MR) is 85.0 cm³/mol. The molecule has 1 fully saturated rings. The Hall–Kier alpha value is -3.02. The third kappa shape index (κ3) is 3.42. The smallest absolute Gasteiger partial charge is 0.370 e. The molecule has 1 aliphatic rings. The van der Waals surface area contributed by atoms with Gasteiger partial charge in [-0.15, -0.1) is 0 Å². The zero-order valence-corrected chi connectivity index (χ0v) is 13.0. The number of nitriles is 1. The molecule has 1 aromatic carbocycles. The lowest BCUT2D eigenvalue weighted by atomic mass is 10.0. The Morgan fingerprint density at radius 2 is 2.12 bits per heavy atom. The Kier molecular flexibility index (Phi) is 4.12. The van der Waals surface area contributed by atoms with Crippen molar-refractivity contribution in [2.45, 2.75) is 18.5 Å². The van der Waals surface area contributed by atoms with Crippen LogP contribution in [-0.2, 0) is 6.18 Å². The fraction of sp³-hybridized carbons (Fsp3) is 0.312. The second-order valence-electron chi connectivity index (χ2n) is 5.83. The fourth-order valence-corrected chi connectivity index (χ4v) is 3.00. The van der Waals surface area contributed by atoms with Crippen molar-refractivity contribution in [1.29, 1.82) is 5.26 Å². The molecule has 9 heteroatoms. The number of aromatic nitrogens is 2. The van der Waals surface area contributed by atoms with E-state index < -0.39 is 11.7 Å². The van der Waals surface area contributed by atoms with Gasteiger partial charge >= 0.3 is 6.18 Å². The molecule has 25 heavy (non-hydrogen) atoms. The minimum Gasteiger partial charge on any atom is -0.370 e. The average Bonchev–Trinajstić information content (AvgIpc) is 3.02. The first-order valence-corrected chi connectivity index (χ1v) is 7.51. The third-order valence-corrected chi connectivity index (χ3v) is 4.17.